The smallest absolute Gasteiger partial charge is 0.253 e. The highest BCUT2D eigenvalue weighted by atomic mass is 16.3. The second-order valence-corrected chi connectivity index (χ2v) is 6.44. The van der Waals surface area contributed by atoms with Gasteiger partial charge < -0.3 is 14.9 Å². The first-order chi connectivity index (χ1) is 11.2. The van der Waals surface area contributed by atoms with Gasteiger partial charge in [0.2, 0.25) is 5.91 Å². The van der Waals surface area contributed by atoms with Crippen LogP contribution in [0.3, 0.4) is 0 Å². The fourth-order valence-electron chi connectivity index (χ4n) is 3.57. The van der Waals surface area contributed by atoms with Crippen molar-refractivity contribution in [1.82, 2.24) is 9.80 Å². The summed E-state index contributed by atoms with van der Waals surface area (Å²) >= 11 is 0. The summed E-state index contributed by atoms with van der Waals surface area (Å²) in [5, 5.41) is 9.94. The van der Waals surface area contributed by atoms with E-state index < -0.39 is 6.10 Å². The lowest BCUT2D eigenvalue weighted by Gasteiger charge is -2.26. The second-order valence-electron chi connectivity index (χ2n) is 6.44. The van der Waals surface area contributed by atoms with E-state index in [0.717, 1.165) is 25.7 Å². The van der Waals surface area contributed by atoms with Crippen molar-refractivity contribution >= 4 is 11.8 Å². The predicted molar refractivity (Wildman–Crippen MR) is 86.9 cm³/mol. The Morgan fingerprint density at radius 2 is 1.61 bits per heavy atom. The van der Waals surface area contributed by atoms with Crippen LogP contribution in [-0.2, 0) is 4.79 Å². The second kappa shape index (κ2) is 7.13. The minimum absolute atomic E-state index is 0.0285. The number of hydrogen-bond donors (Lipinski definition) is 1. The van der Waals surface area contributed by atoms with Crippen LogP contribution in [0.1, 0.15) is 36.0 Å². The topological polar surface area (TPSA) is 60.9 Å². The molecule has 0 radical (unpaired) electrons. The van der Waals surface area contributed by atoms with Gasteiger partial charge >= 0.3 is 0 Å². The number of aliphatic hydroxyl groups is 1. The quantitative estimate of drug-likeness (QED) is 0.900. The van der Waals surface area contributed by atoms with Crippen molar-refractivity contribution in [2.75, 3.05) is 26.2 Å². The van der Waals surface area contributed by atoms with E-state index in [4.69, 9.17) is 0 Å². The van der Waals surface area contributed by atoms with Crippen molar-refractivity contribution in [2.45, 2.75) is 31.8 Å². The molecule has 5 heteroatoms. The Morgan fingerprint density at radius 3 is 2.30 bits per heavy atom. The third-order valence-electron chi connectivity index (χ3n) is 4.91. The van der Waals surface area contributed by atoms with E-state index in [2.05, 4.69) is 0 Å². The molecule has 1 heterocycles. The highest BCUT2D eigenvalue weighted by molar-refractivity contribution is 5.94. The number of benzene rings is 1. The van der Waals surface area contributed by atoms with E-state index in [1.165, 1.54) is 0 Å². The lowest BCUT2D eigenvalue weighted by atomic mass is 10.0. The molecule has 1 aromatic carbocycles. The van der Waals surface area contributed by atoms with Crippen molar-refractivity contribution in [1.29, 1.82) is 0 Å². The van der Waals surface area contributed by atoms with Crippen LogP contribution >= 0.6 is 0 Å². The first kappa shape index (κ1) is 16.0. The summed E-state index contributed by atoms with van der Waals surface area (Å²) < 4.78 is 0. The van der Waals surface area contributed by atoms with Crippen LogP contribution in [0, 0.1) is 5.92 Å². The number of nitrogens with zero attached hydrogens (tertiary/aromatic N) is 2. The maximum atomic E-state index is 12.6. The Kier molecular flexibility index (Phi) is 4.96. The van der Waals surface area contributed by atoms with E-state index in [1.807, 2.05) is 40.1 Å². The number of carbonyl (C=O) groups is 2. The van der Waals surface area contributed by atoms with Gasteiger partial charge in [0.05, 0.1) is 12.0 Å². The van der Waals surface area contributed by atoms with Crippen molar-refractivity contribution in [3.63, 3.8) is 0 Å². The van der Waals surface area contributed by atoms with Gasteiger partial charge in [-0.15, -0.1) is 0 Å². The van der Waals surface area contributed by atoms with Crippen molar-refractivity contribution in [2.24, 2.45) is 5.92 Å². The fraction of sp³-hybridized carbons (Fsp3) is 0.556. The molecule has 1 aliphatic carbocycles. The van der Waals surface area contributed by atoms with E-state index >= 15 is 0 Å². The van der Waals surface area contributed by atoms with Crippen LogP contribution in [0.15, 0.2) is 30.3 Å². The number of aliphatic hydroxyl groups excluding tert-OH is 1. The maximum absolute atomic E-state index is 12.6. The van der Waals surface area contributed by atoms with Gasteiger partial charge in [-0.2, -0.15) is 0 Å². The summed E-state index contributed by atoms with van der Waals surface area (Å²) in [5.41, 5.74) is 0.693. The zero-order chi connectivity index (χ0) is 16.2. The molecule has 1 aromatic rings. The Balaban J connectivity index is 1.61. The van der Waals surface area contributed by atoms with Crippen molar-refractivity contribution in [3.8, 4) is 0 Å². The Labute approximate surface area is 136 Å². The molecule has 2 atom stereocenters. The lowest BCUT2D eigenvalue weighted by Crippen LogP contribution is -2.41. The van der Waals surface area contributed by atoms with Gasteiger partial charge in [-0.1, -0.05) is 18.2 Å². The van der Waals surface area contributed by atoms with Crippen LogP contribution in [0.25, 0.3) is 0 Å². The van der Waals surface area contributed by atoms with Crippen LogP contribution < -0.4 is 0 Å². The zero-order valence-corrected chi connectivity index (χ0v) is 13.4. The lowest BCUT2D eigenvalue weighted by molar-refractivity contribution is -0.138. The van der Waals surface area contributed by atoms with E-state index in [1.54, 1.807) is 0 Å². The summed E-state index contributed by atoms with van der Waals surface area (Å²) in [5.74, 6) is -0.156. The molecule has 1 saturated heterocycles. The highest BCUT2D eigenvalue weighted by Gasteiger charge is 2.35. The highest BCUT2D eigenvalue weighted by Crippen LogP contribution is 2.27. The average Bonchev–Trinajstić information content (AvgIpc) is 2.86. The molecule has 2 unspecified atom stereocenters. The minimum atomic E-state index is -0.493. The molecular weight excluding hydrogens is 292 g/mol. The van der Waals surface area contributed by atoms with Gasteiger partial charge in [-0.25, -0.2) is 0 Å². The molecule has 5 nitrogen and oxygen atoms in total. The fourth-order valence-corrected chi connectivity index (χ4v) is 3.57. The number of hydrogen-bond acceptors (Lipinski definition) is 3. The maximum Gasteiger partial charge on any atom is 0.253 e. The number of amides is 2. The first-order valence-electron chi connectivity index (χ1n) is 8.48. The average molecular weight is 316 g/mol. The van der Waals surface area contributed by atoms with E-state index in [9.17, 15) is 14.7 Å². The van der Waals surface area contributed by atoms with Gasteiger partial charge in [0, 0.05) is 31.7 Å². The summed E-state index contributed by atoms with van der Waals surface area (Å²) in [4.78, 5) is 28.8. The molecule has 124 valence electrons. The van der Waals surface area contributed by atoms with Crippen LogP contribution in [-0.4, -0.2) is 59.0 Å². The monoisotopic (exact) mass is 316 g/mol. The standard InChI is InChI=1S/C18H24N2O3/c21-16-9-4-8-15(16)18(23)20-11-5-10-19(12-13-20)17(22)14-6-2-1-3-7-14/h1-3,6-7,15-16,21H,4-5,8-13H2. The van der Waals surface area contributed by atoms with Gasteiger partial charge in [0.25, 0.3) is 5.91 Å². The molecule has 3 rings (SSSR count). The SMILES string of the molecule is O=C(c1ccccc1)N1CCCN(C(=O)C2CCCC2O)CC1. The number of carbonyl (C=O) groups excluding carboxylic acids is 2. The molecule has 0 bridgehead atoms. The summed E-state index contributed by atoms with van der Waals surface area (Å²) in [6, 6.07) is 9.27. The summed E-state index contributed by atoms with van der Waals surface area (Å²) in [7, 11) is 0. The molecular formula is C18H24N2O3. The molecule has 2 amide bonds. The van der Waals surface area contributed by atoms with E-state index in [-0.39, 0.29) is 17.7 Å². The Bertz CT molecular complexity index is 561. The Morgan fingerprint density at radius 1 is 0.913 bits per heavy atom. The molecule has 2 fully saturated rings. The van der Waals surface area contributed by atoms with Crippen LogP contribution in [0.2, 0.25) is 0 Å². The summed E-state index contributed by atoms with van der Waals surface area (Å²) in [6.45, 7) is 2.45. The third kappa shape index (κ3) is 3.55. The van der Waals surface area contributed by atoms with Crippen LogP contribution in [0.4, 0.5) is 0 Å². The number of rotatable bonds is 2. The Hall–Kier alpha value is -1.88. The van der Waals surface area contributed by atoms with Crippen molar-refractivity contribution < 1.29 is 14.7 Å². The molecule has 0 aromatic heterocycles. The normalized spacial score (nSPS) is 25.3. The zero-order valence-electron chi connectivity index (χ0n) is 13.4. The molecule has 1 aliphatic heterocycles. The molecule has 1 saturated carbocycles. The van der Waals surface area contributed by atoms with E-state index in [0.29, 0.717) is 31.7 Å². The van der Waals surface area contributed by atoms with Gasteiger partial charge in [0.15, 0.2) is 0 Å². The largest absolute Gasteiger partial charge is 0.392 e. The molecule has 0 spiro atoms. The summed E-state index contributed by atoms with van der Waals surface area (Å²) in [6.07, 6.45) is 2.72. The predicted octanol–water partition coefficient (Wildman–Crippen LogP) is 1.52. The van der Waals surface area contributed by atoms with Gasteiger partial charge in [0.1, 0.15) is 0 Å². The van der Waals surface area contributed by atoms with Gasteiger partial charge in [-0.05, 0) is 37.8 Å². The molecule has 23 heavy (non-hydrogen) atoms. The first-order valence-corrected chi connectivity index (χ1v) is 8.48. The molecule has 1 N–H and O–H groups in total. The minimum Gasteiger partial charge on any atom is -0.392 e. The van der Waals surface area contributed by atoms with Crippen molar-refractivity contribution in [3.05, 3.63) is 35.9 Å². The third-order valence-corrected chi connectivity index (χ3v) is 4.91. The van der Waals surface area contributed by atoms with Crippen LogP contribution in [0.5, 0.6) is 0 Å². The molecule has 2 aliphatic rings. The van der Waals surface area contributed by atoms with Gasteiger partial charge in [-0.3, -0.25) is 9.59 Å².